The number of ether oxygens (including phenoxy) is 1. The number of aromatic nitrogens is 2. The first-order chi connectivity index (χ1) is 14.2. The second-order valence-corrected chi connectivity index (χ2v) is 7.28. The Kier molecular flexibility index (Phi) is 5.80. The summed E-state index contributed by atoms with van der Waals surface area (Å²) in [5.74, 6) is 2.74. The van der Waals surface area contributed by atoms with E-state index in [0.29, 0.717) is 6.61 Å². The quantitative estimate of drug-likeness (QED) is 0.335. The van der Waals surface area contributed by atoms with Crippen LogP contribution in [0.25, 0.3) is 23.2 Å². The largest absolute Gasteiger partial charge is 0.493 e. The monoisotopic (exact) mass is 386 g/mol. The molecule has 148 valence electrons. The maximum absolute atomic E-state index is 5.97. The van der Waals surface area contributed by atoms with Gasteiger partial charge in [-0.1, -0.05) is 29.8 Å². The molecule has 4 nitrogen and oxygen atoms in total. The van der Waals surface area contributed by atoms with Crippen LogP contribution >= 0.6 is 0 Å². The maximum atomic E-state index is 5.97. The molecule has 0 atom stereocenters. The number of hydrogen-bond donors (Lipinski definition) is 0. The highest BCUT2D eigenvalue weighted by Crippen LogP contribution is 2.21. The predicted molar refractivity (Wildman–Crippen MR) is 118 cm³/mol. The van der Waals surface area contributed by atoms with Crippen molar-refractivity contribution in [3.63, 3.8) is 0 Å². The van der Waals surface area contributed by atoms with Crippen molar-refractivity contribution < 1.29 is 9.15 Å². The summed E-state index contributed by atoms with van der Waals surface area (Å²) in [7, 11) is 0. The number of para-hydroxylation sites is 2. The zero-order valence-corrected chi connectivity index (χ0v) is 17.0. The molecule has 0 radical (unpaired) electrons. The van der Waals surface area contributed by atoms with Crippen molar-refractivity contribution in [2.24, 2.45) is 0 Å². The molecule has 29 heavy (non-hydrogen) atoms. The van der Waals surface area contributed by atoms with Gasteiger partial charge in [0.2, 0.25) is 0 Å². The number of hydrogen-bond acceptors (Lipinski definition) is 3. The third-order valence-electron chi connectivity index (χ3n) is 4.99. The van der Waals surface area contributed by atoms with E-state index in [2.05, 4.69) is 54.8 Å². The first-order valence-electron chi connectivity index (χ1n) is 10.1. The van der Waals surface area contributed by atoms with Crippen LogP contribution in [-0.2, 0) is 6.54 Å². The molecular weight excluding hydrogens is 360 g/mol. The molecule has 0 aliphatic heterocycles. The highest BCUT2D eigenvalue weighted by Gasteiger charge is 2.08. The van der Waals surface area contributed by atoms with Crippen LogP contribution in [0.5, 0.6) is 5.75 Å². The number of unbranched alkanes of at least 4 members (excludes halogenated alkanes) is 1. The van der Waals surface area contributed by atoms with Crippen LogP contribution in [-0.4, -0.2) is 16.2 Å². The highest BCUT2D eigenvalue weighted by molar-refractivity contribution is 5.79. The van der Waals surface area contributed by atoms with Gasteiger partial charge in [0.15, 0.2) is 0 Å². The Labute approximate surface area is 171 Å². The fraction of sp³-hybridized carbons (Fsp3) is 0.240. The van der Waals surface area contributed by atoms with E-state index in [1.54, 1.807) is 6.26 Å². The van der Waals surface area contributed by atoms with Crippen molar-refractivity contribution in [1.82, 2.24) is 9.55 Å². The van der Waals surface area contributed by atoms with E-state index in [1.807, 2.05) is 30.4 Å². The summed E-state index contributed by atoms with van der Waals surface area (Å²) in [4.78, 5) is 4.78. The Morgan fingerprint density at radius 2 is 1.90 bits per heavy atom. The van der Waals surface area contributed by atoms with Gasteiger partial charge >= 0.3 is 0 Å². The second kappa shape index (κ2) is 8.82. The Morgan fingerprint density at radius 3 is 2.72 bits per heavy atom. The van der Waals surface area contributed by atoms with Crippen LogP contribution in [0.15, 0.2) is 65.3 Å². The van der Waals surface area contributed by atoms with Crippen molar-refractivity contribution in [3.05, 3.63) is 83.6 Å². The van der Waals surface area contributed by atoms with Gasteiger partial charge in [0.25, 0.3) is 0 Å². The SMILES string of the molecule is Cc1ccc(OCCCCn2c(/C=C/c3ccco3)nc3ccccc32)c(C)c1. The predicted octanol–water partition coefficient (Wildman–Crippen LogP) is 6.28. The lowest BCUT2D eigenvalue weighted by atomic mass is 10.1. The van der Waals surface area contributed by atoms with Gasteiger partial charge in [-0.05, 0) is 74.7 Å². The molecule has 2 heterocycles. The normalized spacial score (nSPS) is 11.5. The number of imidazole rings is 1. The number of fused-ring (bicyclic) bond motifs is 1. The Hall–Kier alpha value is -3.27. The minimum absolute atomic E-state index is 0.716. The average Bonchev–Trinajstić information content (AvgIpc) is 3.35. The van der Waals surface area contributed by atoms with Gasteiger partial charge in [0, 0.05) is 6.54 Å². The molecule has 0 amide bonds. The molecule has 4 aromatic rings. The molecule has 0 spiro atoms. The third kappa shape index (κ3) is 4.60. The molecule has 0 saturated heterocycles. The van der Waals surface area contributed by atoms with Gasteiger partial charge in [-0.25, -0.2) is 4.98 Å². The summed E-state index contributed by atoms with van der Waals surface area (Å²) in [5.41, 5.74) is 4.62. The Morgan fingerprint density at radius 1 is 1.00 bits per heavy atom. The van der Waals surface area contributed by atoms with Gasteiger partial charge in [0.05, 0.1) is 23.9 Å². The van der Waals surface area contributed by atoms with E-state index < -0.39 is 0 Å². The molecule has 0 aliphatic rings. The number of furan rings is 1. The molecule has 0 N–H and O–H groups in total. The van der Waals surface area contributed by atoms with Crippen molar-refractivity contribution >= 4 is 23.2 Å². The van der Waals surface area contributed by atoms with E-state index in [9.17, 15) is 0 Å². The van der Waals surface area contributed by atoms with E-state index in [0.717, 1.165) is 47.8 Å². The van der Waals surface area contributed by atoms with Gasteiger partial charge in [-0.2, -0.15) is 0 Å². The molecule has 0 unspecified atom stereocenters. The highest BCUT2D eigenvalue weighted by atomic mass is 16.5. The first kappa shape index (κ1) is 19.1. The first-order valence-corrected chi connectivity index (χ1v) is 10.1. The lowest BCUT2D eigenvalue weighted by molar-refractivity contribution is 0.301. The van der Waals surface area contributed by atoms with E-state index >= 15 is 0 Å². The zero-order valence-electron chi connectivity index (χ0n) is 17.0. The lowest BCUT2D eigenvalue weighted by Gasteiger charge is -2.11. The van der Waals surface area contributed by atoms with E-state index in [-0.39, 0.29) is 0 Å². The molecule has 0 saturated carbocycles. The standard InChI is InChI=1S/C25H26N2O2/c1-19-11-13-24(20(2)18-19)29-16-6-5-15-27-23-10-4-3-9-22(23)26-25(27)14-12-21-8-7-17-28-21/h3-4,7-14,17-18H,5-6,15-16H2,1-2H3/b14-12+. The number of aryl methyl sites for hydroxylation is 3. The van der Waals surface area contributed by atoms with Crippen LogP contribution in [0.3, 0.4) is 0 Å². The summed E-state index contributed by atoms with van der Waals surface area (Å²) < 4.78 is 13.6. The van der Waals surface area contributed by atoms with Crippen LogP contribution in [0, 0.1) is 13.8 Å². The minimum Gasteiger partial charge on any atom is -0.493 e. The van der Waals surface area contributed by atoms with Gasteiger partial charge < -0.3 is 13.7 Å². The summed E-state index contributed by atoms with van der Waals surface area (Å²) in [6, 6.07) is 18.4. The number of rotatable bonds is 8. The molecule has 2 aromatic carbocycles. The van der Waals surface area contributed by atoms with Gasteiger partial charge in [-0.15, -0.1) is 0 Å². The second-order valence-electron chi connectivity index (χ2n) is 7.28. The minimum atomic E-state index is 0.716. The molecule has 0 fully saturated rings. The van der Waals surface area contributed by atoms with Crippen molar-refractivity contribution in [3.8, 4) is 5.75 Å². The third-order valence-corrected chi connectivity index (χ3v) is 4.99. The smallest absolute Gasteiger partial charge is 0.133 e. The summed E-state index contributed by atoms with van der Waals surface area (Å²) in [6.45, 7) is 5.81. The number of nitrogens with zero attached hydrogens (tertiary/aromatic N) is 2. The van der Waals surface area contributed by atoms with Crippen molar-refractivity contribution in [2.75, 3.05) is 6.61 Å². The lowest BCUT2D eigenvalue weighted by Crippen LogP contribution is -2.04. The topological polar surface area (TPSA) is 40.2 Å². The summed E-state index contributed by atoms with van der Waals surface area (Å²) in [5, 5.41) is 0. The van der Waals surface area contributed by atoms with Gasteiger partial charge in [-0.3, -0.25) is 0 Å². The Balaban J connectivity index is 1.41. The molecule has 4 heteroatoms. The van der Waals surface area contributed by atoms with E-state index in [1.165, 1.54) is 11.1 Å². The molecule has 2 aromatic heterocycles. The fourth-order valence-corrected chi connectivity index (χ4v) is 3.51. The van der Waals surface area contributed by atoms with Crippen molar-refractivity contribution in [1.29, 1.82) is 0 Å². The molecular formula is C25H26N2O2. The summed E-state index contributed by atoms with van der Waals surface area (Å²) >= 11 is 0. The maximum Gasteiger partial charge on any atom is 0.133 e. The molecule has 0 bridgehead atoms. The Bertz CT molecular complexity index is 1110. The zero-order chi connectivity index (χ0) is 20.1. The van der Waals surface area contributed by atoms with Crippen LogP contribution in [0.2, 0.25) is 0 Å². The van der Waals surface area contributed by atoms with Crippen LogP contribution < -0.4 is 4.74 Å². The van der Waals surface area contributed by atoms with Crippen molar-refractivity contribution in [2.45, 2.75) is 33.2 Å². The average molecular weight is 386 g/mol. The molecule has 0 aliphatic carbocycles. The molecule has 4 rings (SSSR count). The van der Waals surface area contributed by atoms with Gasteiger partial charge in [0.1, 0.15) is 17.3 Å². The van der Waals surface area contributed by atoms with E-state index in [4.69, 9.17) is 14.1 Å². The summed E-state index contributed by atoms with van der Waals surface area (Å²) in [6.07, 6.45) is 7.67. The number of benzene rings is 2. The van der Waals surface area contributed by atoms with Crippen LogP contribution in [0.4, 0.5) is 0 Å². The fourth-order valence-electron chi connectivity index (χ4n) is 3.51. The van der Waals surface area contributed by atoms with Crippen LogP contribution in [0.1, 0.15) is 35.6 Å².